The molecule has 0 aromatic carbocycles. The number of fused-ring (bicyclic) bond motifs is 1. The molecule has 0 bridgehead atoms. The first-order chi connectivity index (χ1) is 19.3. The number of aromatic nitrogens is 2. The maximum absolute atomic E-state index is 13.3. The molecule has 41 heavy (non-hydrogen) atoms. The second-order valence-corrected chi connectivity index (χ2v) is 12.0. The van der Waals surface area contributed by atoms with E-state index in [0.717, 1.165) is 16.1 Å². The van der Waals surface area contributed by atoms with Gasteiger partial charge in [0.15, 0.2) is 10.8 Å². The minimum atomic E-state index is -1.03. The molecule has 2 aromatic rings. The number of amides is 2. The van der Waals surface area contributed by atoms with E-state index >= 15 is 0 Å². The summed E-state index contributed by atoms with van der Waals surface area (Å²) < 4.78 is 16.7. The number of hydrogen-bond acceptors (Lipinski definition) is 14. The van der Waals surface area contributed by atoms with Crippen molar-refractivity contribution in [3.8, 4) is 0 Å². The fourth-order valence-corrected chi connectivity index (χ4v) is 5.77. The molecule has 17 heteroatoms. The van der Waals surface area contributed by atoms with Crippen LogP contribution >= 0.6 is 23.1 Å². The minimum Gasteiger partial charge on any atom is -0.427 e. The highest BCUT2D eigenvalue weighted by atomic mass is 32.2. The van der Waals surface area contributed by atoms with E-state index in [1.165, 1.54) is 35.2 Å². The van der Waals surface area contributed by atoms with Crippen molar-refractivity contribution in [2.24, 2.45) is 10.6 Å². The van der Waals surface area contributed by atoms with Crippen LogP contribution in [0, 0.1) is 12.3 Å². The van der Waals surface area contributed by atoms with E-state index in [1.54, 1.807) is 27.7 Å². The molecule has 1 unspecified atom stereocenters. The molecule has 0 saturated carbocycles. The zero-order valence-corrected chi connectivity index (χ0v) is 24.4. The van der Waals surface area contributed by atoms with Crippen LogP contribution in [0.4, 0.5) is 5.13 Å². The molecule has 15 nitrogen and oxygen atoms in total. The molecule has 4 heterocycles. The Balaban J connectivity index is 1.56. The number of thioether (sulfide) groups is 1. The summed E-state index contributed by atoms with van der Waals surface area (Å²) >= 11 is 2.36. The summed E-state index contributed by atoms with van der Waals surface area (Å²) in [5, 5.41) is 7.38. The molecule has 2 aliphatic rings. The third-order valence-corrected chi connectivity index (χ3v) is 7.86. The third kappa shape index (κ3) is 6.30. The van der Waals surface area contributed by atoms with Gasteiger partial charge in [-0.25, -0.2) is 9.78 Å². The number of oxime groups is 1. The first-order valence-electron chi connectivity index (χ1n) is 12.1. The number of nitrogens with one attached hydrogen (secondary N) is 1. The van der Waals surface area contributed by atoms with Crippen LogP contribution in [-0.4, -0.2) is 75.2 Å². The monoisotopic (exact) mass is 608 g/mol. The molecule has 0 aliphatic carbocycles. The molecule has 220 valence electrons. The Hall–Kier alpha value is -4.12. The second kappa shape index (κ2) is 11.8. The van der Waals surface area contributed by atoms with Gasteiger partial charge in [0.2, 0.25) is 6.79 Å². The highest BCUT2D eigenvalue weighted by Crippen LogP contribution is 2.41. The number of aryl methyl sites for hydroxylation is 1. The molecule has 2 amide bonds. The van der Waals surface area contributed by atoms with Crippen molar-refractivity contribution in [2.45, 2.75) is 45.7 Å². The lowest BCUT2D eigenvalue weighted by Gasteiger charge is -2.49. The molecular formula is C24H28N6O9S2. The van der Waals surface area contributed by atoms with Crippen LogP contribution in [0.25, 0.3) is 0 Å². The number of ether oxygens (including phenoxy) is 2. The quantitative estimate of drug-likeness (QED) is 0.132. The Kier molecular flexibility index (Phi) is 8.58. The Morgan fingerprint density at radius 1 is 1.27 bits per heavy atom. The fourth-order valence-electron chi connectivity index (χ4n) is 3.89. The number of nitrogens with two attached hydrogens (primary N) is 1. The first kappa shape index (κ1) is 29.9. The van der Waals surface area contributed by atoms with Crippen LogP contribution in [0.3, 0.4) is 0 Å². The van der Waals surface area contributed by atoms with Gasteiger partial charge in [0.25, 0.3) is 17.4 Å². The zero-order valence-electron chi connectivity index (χ0n) is 22.8. The van der Waals surface area contributed by atoms with Gasteiger partial charge in [-0.1, -0.05) is 5.16 Å². The number of nitrogens with zero attached hydrogens (tertiary/aromatic N) is 4. The first-order valence-corrected chi connectivity index (χ1v) is 14.1. The Morgan fingerprint density at radius 3 is 2.59 bits per heavy atom. The largest absolute Gasteiger partial charge is 0.427 e. The molecule has 0 radical (unpaired) electrons. The Labute approximate surface area is 241 Å². The van der Waals surface area contributed by atoms with Crippen LogP contribution in [0.2, 0.25) is 0 Å². The SMILES string of the molecule is CO/N=C(\C(=O)NC1C(=O)N2C(C(=O)OCOC(=O)C(C)(C)C)=C(Cn3oc(C)cc3=O)CS[C@H]12)c1csc(N)n1. The van der Waals surface area contributed by atoms with Gasteiger partial charge in [0.05, 0.1) is 12.0 Å². The maximum Gasteiger partial charge on any atom is 0.358 e. The molecule has 1 saturated heterocycles. The summed E-state index contributed by atoms with van der Waals surface area (Å²) in [6.45, 7) is 5.72. The topological polar surface area (TPSA) is 198 Å². The number of carbonyl (C=O) groups excluding carboxylic acids is 4. The van der Waals surface area contributed by atoms with Crippen molar-refractivity contribution in [3.63, 3.8) is 0 Å². The molecule has 2 aliphatic heterocycles. The smallest absolute Gasteiger partial charge is 0.358 e. The van der Waals surface area contributed by atoms with Crippen molar-refractivity contribution in [3.05, 3.63) is 44.5 Å². The summed E-state index contributed by atoms with van der Waals surface area (Å²) in [6, 6.07) is 0.265. The van der Waals surface area contributed by atoms with Crippen molar-refractivity contribution in [1.82, 2.24) is 19.9 Å². The molecule has 1 fully saturated rings. The Bertz CT molecular complexity index is 1500. The lowest BCUT2D eigenvalue weighted by molar-refractivity contribution is -0.173. The summed E-state index contributed by atoms with van der Waals surface area (Å²) in [7, 11) is 1.26. The number of nitrogen functional groups attached to an aromatic ring is 1. The van der Waals surface area contributed by atoms with E-state index in [9.17, 15) is 24.0 Å². The summed E-state index contributed by atoms with van der Waals surface area (Å²) in [5.74, 6) is -2.31. The van der Waals surface area contributed by atoms with Crippen LogP contribution in [0.5, 0.6) is 0 Å². The average molecular weight is 609 g/mol. The van der Waals surface area contributed by atoms with Gasteiger partial charge in [0, 0.05) is 17.2 Å². The summed E-state index contributed by atoms with van der Waals surface area (Å²) in [4.78, 5) is 73.9. The number of carbonyl (C=O) groups is 4. The molecule has 2 atom stereocenters. The van der Waals surface area contributed by atoms with E-state index in [4.69, 9.17) is 24.6 Å². The predicted molar refractivity (Wildman–Crippen MR) is 146 cm³/mol. The van der Waals surface area contributed by atoms with Crippen molar-refractivity contribution < 1.29 is 38.0 Å². The molecule has 3 N–H and O–H groups in total. The molecule has 2 aromatic heterocycles. The van der Waals surface area contributed by atoms with Gasteiger partial charge in [-0.15, -0.1) is 23.1 Å². The zero-order chi connectivity index (χ0) is 30.1. The van der Waals surface area contributed by atoms with Gasteiger partial charge in [-0.05, 0) is 33.3 Å². The number of esters is 2. The van der Waals surface area contributed by atoms with E-state index in [2.05, 4.69) is 15.5 Å². The summed E-state index contributed by atoms with van der Waals surface area (Å²) in [6.07, 6.45) is 0. The lowest BCUT2D eigenvalue weighted by atomic mass is 9.98. The Morgan fingerprint density at radius 2 is 2.00 bits per heavy atom. The van der Waals surface area contributed by atoms with Crippen molar-refractivity contribution in [2.75, 3.05) is 25.4 Å². The van der Waals surface area contributed by atoms with Gasteiger partial charge in [-0.3, -0.25) is 24.1 Å². The summed E-state index contributed by atoms with van der Waals surface area (Å²) in [5.41, 5.74) is 4.64. The fraction of sp³-hybridized carbons (Fsp3) is 0.458. The number of thiazole rings is 1. The van der Waals surface area contributed by atoms with Crippen LogP contribution in [0.15, 0.2) is 37.2 Å². The van der Waals surface area contributed by atoms with Gasteiger partial charge in [0.1, 0.15) is 35.7 Å². The van der Waals surface area contributed by atoms with E-state index in [1.807, 2.05) is 0 Å². The highest BCUT2D eigenvalue weighted by Gasteiger charge is 2.55. The van der Waals surface area contributed by atoms with Crippen molar-refractivity contribution >= 4 is 57.7 Å². The predicted octanol–water partition coefficient (Wildman–Crippen LogP) is 0.583. The number of β-lactam (4-membered cyclic amide) rings is 1. The normalized spacial score (nSPS) is 18.9. The van der Waals surface area contributed by atoms with Crippen molar-refractivity contribution in [1.29, 1.82) is 0 Å². The number of hydrogen-bond donors (Lipinski definition) is 2. The van der Waals surface area contributed by atoms with E-state index in [-0.39, 0.29) is 34.5 Å². The van der Waals surface area contributed by atoms with E-state index < -0.39 is 52.9 Å². The molecule has 4 rings (SSSR count). The minimum absolute atomic E-state index is 0.130. The number of anilines is 1. The lowest BCUT2D eigenvalue weighted by Crippen LogP contribution is -2.71. The number of rotatable bonds is 9. The highest BCUT2D eigenvalue weighted by molar-refractivity contribution is 8.00. The van der Waals surface area contributed by atoms with Crippen LogP contribution in [0.1, 0.15) is 32.2 Å². The standard InChI is InChI=1S/C24H28N6O9S2/c1-11-6-14(31)29(39-11)7-12-8-40-20-16(27-18(32)15(28-36-5)13-9-41-23(25)26-13)19(33)30(20)17(12)21(34)37-10-38-22(35)24(2,3)4/h6,9,16,20H,7-8,10H2,1-5H3,(H2,25,26)(H,27,32)/b28-15-/t16?,20-/m1/s1. The van der Waals surface area contributed by atoms with E-state index in [0.29, 0.717) is 11.3 Å². The van der Waals surface area contributed by atoms with Gasteiger partial charge in [-0.2, -0.15) is 4.74 Å². The van der Waals surface area contributed by atoms with Gasteiger partial charge < -0.3 is 29.9 Å². The molecule has 0 spiro atoms. The van der Waals surface area contributed by atoms with Crippen LogP contribution < -0.4 is 16.6 Å². The maximum atomic E-state index is 13.3. The second-order valence-electron chi connectivity index (χ2n) is 9.96. The third-order valence-electron chi connectivity index (χ3n) is 5.84. The average Bonchev–Trinajstić information content (AvgIpc) is 3.47. The van der Waals surface area contributed by atoms with Gasteiger partial charge >= 0.3 is 11.9 Å². The molecular weight excluding hydrogens is 580 g/mol. The van der Waals surface area contributed by atoms with Crippen LogP contribution in [-0.2, 0) is 40.0 Å².